The molecule has 1 heterocycles. The van der Waals surface area contributed by atoms with Gasteiger partial charge in [0.1, 0.15) is 5.75 Å². The van der Waals surface area contributed by atoms with Crippen LogP contribution in [0.1, 0.15) is 11.1 Å². The fraction of sp³-hybridized carbons (Fsp3) is 0.400. The Morgan fingerprint density at radius 2 is 1.60 bits per heavy atom. The van der Waals surface area contributed by atoms with Crippen molar-refractivity contribution in [3.63, 3.8) is 0 Å². The molecule has 134 valence electrons. The summed E-state index contributed by atoms with van der Waals surface area (Å²) in [6.45, 7) is 6.73. The fourth-order valence-corrected chi connectivity index (χ4v) is 3.31. The molecule has 0 atom stereocenters. The molecule has 0 bridgehead atoms. The van der Waals surface area contributed by atoms with Crippen LogP contribution >= 0.6 is 0 Å². The average molecular weight is 342 g/mol. The van der Waals surface area contributed by atoms with Crippen LogP contribution in [0.3, 0.4) is 0 Å². The largest absolute Gasteiger partial charge is 0.506 e. The number of nitrogens with zero attached hydrogens (tertiary/aromatic N) is 2. The highest BCUT2D eigenvalue weighted by Crippen LogP contribution is 2.31. The summed E-state index contributed by atoms with van der Waals surface area (Å²) in [6, 6.07) is 11.7. The lowest BCUT2D eigenvalue weighted by atomic mass is 10.1. The van der Waals surface area contributed by atoms with Crippen LogP contribution in [0.5, 0.6) is 17.2 Å². The zero-order valence-corrected chi connectivity index (χ0v) is 15.2. The maximum Gasteiger partial charge on any atom is 0.161 e. The van der Waals surface area contributed by atoms with Gasteiger partial charge in [-0.05, 0) is 42.3 Å². The summed E-state index contributed by atoms with van der Waals surface area (Å²) < 4.78 is 10.8. The van der Waals surface area contributed by atoms with Crippen molar-refractivity contribution in [3.05, 3.63) is 47.5 Å². The molecule has 2 aromatic carbocycles. The first-order valence-electron chi connectivity index (χ1n) is 8.59. The second-order valence-electron chi connectivity index (χ2n) is 6.39. The molecule has 0 amide bonds. The van der Waals surface area contributed by atoms with Gasteiger partial charge >= 0.3 is 0 Å². The van der Waals surface area contributed by atoms with Gasteiger partial charge in [0, 0.05) is 32.7 Å². The molecule has 5 heteroatoms. The number of para-hydroxylation sites is 2. The standard InChI is InChI=1S/C20H26N2O3/c1-15-12-19(24-2)20(25-3)13-16(15)14-21-8-10-22(11-9-21)17-6-4-5-7-18(17)23/h4-7,12-13,23H,8-11,14H2,1-3H3. The molecule has 3 rings (SSSR count). The minimum Gasteiger partial charge on any atom is -0.506 e. The Bertz CT molecular complexity index is 725. The predicted octanol–water partition coefficient (Wildman–Crippen LogP) is 3.04. The number of aromatic hydroxyl groups is 1. The van der Waals surface area contributed by atoms with Crippen LogP contribution in [-0.2, 0) is 6.54 Å². The lowest BCUT2D eigenvalue weighted by molar-refractivity contribution is 0.248. The molecule has 1 fully saturated rings. The summed E-state index contributed by atoms with van der Waals surface area (Å²) >= 11 is 0. The van der Waals surface area contributed by atoms with Crippen LogP contribution in [-0.4, -0.2) is 50.4 Å². The summed E-state index contributed by atoms with van der Waals surface area (Å²) in [4.78, 5) is 4.68. The maximum atomic E-state index is 10.0. The van der Waals surface area contributed by atoms with Gasteiger partial charge in [0.05, 0.1) is 19.9 Å². The van der Waals surface area contributed by atoms with Gasteiger partial charge < -0.3 is 19.5 Å². The van der Waals surface area contributed by atoms with Gasteiger partial charge in [-0.1, -0.05) is 12.1 Å². The average Bonchev–Trinajstić information content (AvgIpc) is 2.64. The van der Waals surface area contributed by atoms with Crippen molar-refractivity contribution in [2.24, 2.45) is 0 Å². The number of benzene rings is 2. The van der Waals surface area contributed by atoms with Crippen LogP contribution in [0, 0.1) is 6.92 Å². The number of anilines is 1. The molecular weight excluding hydrogens is 316 g/mol. The third kappa shape index (κ3) is 3.82. The molecule has 0 saturated carbocycles. The van der Waals surface area contributed by atoms with E-state index in [2.05, 4.69) is 22.8 Å². The molecule has 0 radical (unpaired) electrons. The number of ether oxygens (including phenoxy) is 2. The Balaban J connectivity index is 1.65. The number of phenols is 1. The quantitative estimate of drug-likeness (QED) is 0.905. The zero-order valence-electron chi connectivity index (χ0n) is 15.2. The number of methoxy groups -OCH3 is 2. The Kier molecular flexibility index (Phi) is 5.34. The first-order valence-corrected chi connectivity index (χ1v) is 8.59. The van der Waals surface area contributed by atoms with E-state index in [1.54, 1.807) is 20.3 Å². The molecule has 25 heavy (non-hydrogen) atoms. The number of hydrogen-bond acceptors (Lipinski definition) is 5. The lowest BCUT2D eigenvalue weighted by Crippen LogP contribution is -2.46. The van der Waals surface area contributed by atoms with Crippen LogP contribution in [0.4, 0.5) is 5.69 Å². The Hall–Kier alpha value is -2.40. The third-order valence-corrected chi connectivity index (χ3v) is 4.83. The fourth-order valence-electron chi connectivity index (χ4n) is 3.31. The molecule has 2 aromatic rings. The topological polar surface area (TPSA) is 45.2 Å². The van der Waals surface area contributed by atoms with Crippen molar-refractivity contribution in [1.82, 2.24) is 4.90 Å². The molecule has 5 nitrogen and oxygen atoms in total. The summed E-state index contributed by atoms with van der Waals surface area (Å²) in [5.41, 5.74) is 3.39. The van der Waals surface area contributed by atoms with E-state index in [1.807, 2.05) is 24.3 Å². The highest BCUT2D eigenvalue weighted by atomic mass is 16.5. The van der Waals surface area contributed by atoms with Crippen molar-refractivity contribution in [3.8, 4) is 17.2 Å². The summed E-state index contributed by atoms with van der Waals surface area (Å²) in [7, 11) is 3.33. The van der Waals surface area contributed by atoms with Crippen molar-refractivity contribution in [2.45, 2.75) is 13.5 Å². The highest BCUT2D eigenvalue weighted by molar-refractivity contribution is 5.57. The van der Waals surface area contributed by atoms with Crippen molar-refractivity contribution >= 4 is 5.69 Å². The molecule has 0 spiro atoms. The van der Waals surface area contributed by atoms with E-state index in [0.29, 0.717) is 5.75 Å². The van der Waals surface area contributed by atoms with Gasteiger partial charge in [-0.25, -0.2) is 0 Å². The predicted molar refractivity (Wildman–Crippen MR) is 99.9 cm³/mol. The Morgan fingerprint density at radius 1 is 0.960 bits per heavy atom. The van der Waals surface area contributed by atoms with Crippen molar-refractivity contribution in [2.75, 3.05) is 45.3 Å². The first kappa shape index (κ1) is 17.4. The van der Waals surface area contributed by atoms with E-state index in [0.717, 1.165) is 49.9 Å². The van der Waals surface area contributed by atoms with Crippen molar-refractivity contribution < 1.29 is 14.6 Å². The lowest BCUT2D eigenvalue weighted by Gasteiger charge is -2.36. The molecule has 1 saturated heterocycles. The third-order valence-electron chi connectivity index (χ3n) is 4.83. The van der Waals surface area contributed by atoms with E-state index in [4.69, 9.17) is 9.47 Å². The Labute approximate surface area is 149 Å². The van der Waals surface area contributed by atoms with Crippen molar-refractivity contribution in [1.29, 1.82) is 0 Å². The molecule has 0 aliphatic carbocycles. The number of rotatable bonds is 5. The van der Waals surface area contributed by atoms with Gasteiger partial charge in [0.2, 0.25) is 0 Å². The van der Waals surface area contributed by atoms with Gasteiger partial charge in [0.25, 0.3) is 0 Å². The summed E-state index contributed by atoms with van der Waals surface area (Å²) in [6.07, 6.45) is 0. The number of piperazine rings is 1. The zero-order chi connectivity index (χ0) is 17.8. The van der Waals surface area contributed by atoms with E-state index >= 15 is 0 Å². The second kappa shape index (κ2) is 7.66. The number of aryl methyl sites for hydroxylation is 1. The molecular formula is C20H26N2O3. The first-order chi connectivity index (χ1) is 12.1. The number of phenolic OH excluding ortho intramolecular Hbond substituents is 1. The minimum absolute atomic E-state index is 0.353. The van der Waals surface area contributed by atoms with Crippen LogP contribution in [0.25, 0.3) is 0 Å². The molecule has 1 N–H and O–H groups in total. The molecule has 0 unspecified atom stereocenters. The van der Waals surface area contributed by atoms with Gasteiger partial charge in [-0.2, -0.15) is 0 Å². The van der Waals surface area contributed by atoms with Crippen LogP contribution < -0.4 is 14.4 Å². The van der Waals surface area contributed by atoms with E-state index < -0.39 is 0 Å². The normalized spacial score (nSPS) is 15.2. The molecule has 1 aliphatic heterocycles. The maximum absolute atomic E-state index is 10.0. The minimum atomic E-state index is 0.353. The summed E-state index contributed by atoms with van der Waals surface area (Å²) in [5, 5.41) is 10.0. The van der Waals surface area contributed by atoms with Gasteiger partial charge in [-0.3, -0.25) is 4.90 Å². The smallest absolute Gasteiger partial charge is 0.161 e. The van der Waals surface area contributed by atoms with E-state index in [9.17, 15) is 5.11 Å². The van der Waals surface area contributed by atoms with Gasteiger partial charge in [-0.15, -0.1) is 0 Å². The highest BCUT2D eigenvalue weighted by Gasteiger charge is 2.20. The van der Waals surface area contributed by atoms with E-state index in [1.165, 1.54) is 11.1 Å². The molecule has 0 aromatic heterocycles. The van der Waals surface area contributed by atoms with E-state index in [-0.39, 0.29) is 0 Å². The number of hydrogen-bond donors (Lipinski definition) is 1. The Morgan fingerprint density at radius 3 is 2.24 bits per heavy atom. The van der Waals surface area contributed by atoms with Gasteiger partial charge in [0.15, 0.2) is 11.5 Å². The summed E-state index contributed by atoms with van der Waals surface area (Å²) in [5.74, 6) is 1.90. The second-order valence-corrected chi connectivity index (χ2v) is 6.39. The van der Waals surface area contributed by atoms with Crippen LogP contribution in [0.15, 0.2) is 36.4 Å². The monoisotopic (exact) mass is 342 g/mol. The SMILES string of the molecule is COc1cc(C)c(CN2CCN(c3ccccc3O)CC2)cc1OC. The molecule has 1 aliphatic rings. The van der Waals surface area contributed by atoms with Crippen LogP contribution in [0.2, 0.25) is 0 Å².